The molecule has 110 valence electrons. The highest BCUT2D eigenvalue weighted by molar-refractivity contribution is 7.91. The predicted octanol–water partition coefficient (Wildman–Crippen LogP) is 0.854. The first kappa shape index (κ1) is 14.7. The summed E-state index contributed by atoms with van der Waals surface area (Å²) < 4.78 is 49.3. The molecule has 0 atom stereocenters. The van der Waals surface area contributed by atoms with Gasteiger partial charge in [0.2, 0.25) is 0 Å². The molecule has 0 aromatic heterocycles. The molecule has 1 aromatic carbocycles. The van der Waals surface area contributed by atoms with Crippen molar-refractivity contribution in [2.45, 2.75) is 18.9 Å². The number of carbonyl (C=O) groups excluding carboxylic acids is 1. The third kappa shape index (κ3) is 3.24. The highest BCUT2D eigenvalue weighted by Gasteiger charge is 2.26. The first-order valence-electron chi connectivity index (χ1n) is 6.04. The minimum atomic E-state index is -3.04. The maximum atomic E-state index is 13.7. The minimum absolute atomic E-state index is 0.0221. The van der Waals surface area contributed by atoms with Crippen molar-refractivity contribution in [1.29, 1.82) is 0 Å². The quantitative estimate of drug-likeness (QED) is 0.793. The maximum Gasteiger partial charge on any atom is 0.254 e. The normalized spacial score (nSPS) is 18.7. The molecule has 3 N–H and O–H groups in total. The second-order valence-corrected chi connectivity index (χ2v) is 7.06. The molecule has 0 aliphatic carbocycles. The maximum absolute atomic E-state index is 13.7. The molecule has 1 fully saturated rings. The molecular weight excluding hydrogens is 290 g/mol. The average Bonchev–Trinajstić information content (AvgIpc) is 2.36. The lowest BCUT2D eigenvalue weighted by Crippen LogP contribution is -2.41. The Labute approximate surface area is 115 Å². The van der Waals surface area contributed by atoms with Gasteiger partial charge in [0.05, 0.1) is 22.8 Å². The van der Waals surface area contributed by atoms with E-state index < -0.39 is 38.6 Å². The van der Waals surface area contributed by atoms with E-state index >= 15 is 0 Å². The van der Waals surface area contributed by atoms with E-state index in [0.717, 1.165) is 12.1 Å². The number of nitrogens with one attached hydrogen (secondary N) is 1. The summed E-state index contributed by atoms with van der Waals surface area (Å²) in [5.41, 5.74) is 4.33. The van der Waals surface area contributed by atoms with E-state index in [0.29, 0.717) is 0 Å². The summed E-state index contributed by atoms with van der Waals surface area (Å²) in [4.78, 5) is 11.9. The molecular formula is C12H14F2N2O3S. The van der Waals surface area contributed by atoms with Crippen LogP contribution in [0.25, 0.3) is 0 Å². The van der Waals surface area contributed by atoms with Gasteiger partial charge in [0.15, 0.2) is 5.82 Å². The number of benzene rings is 1. The summed E-state index contributed by atoms with van der Waals surface area (Å²) in [6, 6.07) is 1.19. The summed E-state index contributed by atoms with van der Waals surface area (Å²) in [7, 11) is -3.04. The topological polar surface area (TPSA) is 89.3 Å². The van der Waals surface area contributed by atoms with E-state index in [-0.39, 0.29) is 30.4 Å². The number of amides is 1. The standard InChI is InChI=1S/C12H14F2N2O3S/c13-7-5-9(11(14)10(15)6-7)12(17)16-8-1-3-20(18,19)4-2-8/h5-6,8H,1-4,15H2,(H,16,17). The van der Waals surface area contributed by atoms with Gasteiger partial charge in [-0.2, -0.15) is 0 Å². The van der Waals surface area contributed by atoms with Gasteiger partial charge in [0.1, 0.15) is 15.7 Å². The SMILES string of the molecule is Nc1cc(F)cc(C(=O)NC2CCS(=O)(=O)CC2)c1F. The lowest BCUT2D eigenvalue weighted by molar-refractivity contribution is 0.0930. The Morgan fingerprint density at radius 2 is 1.85 bits per heavy atom. The number of hydrogen-bond donors (Lipinski definition) is 2. The van der Waals surface area contributed by atoms with Crippen LogP contribution in [0.3, 0.4) is 0 Å². The predicted molar refractivity (Wildman–Crippen MR) is 69.9 cm³/mol. The van der Waals surface area contributed by atoms with Gasteiger partial charge in [-0.15, -0.1) is 0 Å². The number of rotatable bonds is 2. The van der Waals surface area contributed by atoms with Crippen LogP contribution in [-0.2, 0) is 9.84 Å². The van der Waals surface area contributed by atoms with Gasteiger partial charge in [-0.25, -0.2) is 17.2 Å². The fourth-order valence-corrected chi connectivity index (χ4v) is 3.56. The summed E-state index contributed by atoms with van der Waals surface area (Å²) >= 11 is 0. The fraction of sp³-hybridized carbons (Fsp3) is 0.417. The zero-order valence-corrected chi connectivity index (χ0v) is 11.3. The molecule has 1 aliphatic heterocycles. The molecule has 1 aromatic rings. The molecule has 0 spiro atoms. The molecule has 1 heterocycles. The summed E-state index contributed by atoms with van der Waals surface area (Å²) in [6.45, 7) is 0. The van der Waals surface area contributed by atoms with Crippen LogP contribution in [0.5, 0.6) is 0 Å². The Morgan fingerprint density at radius 3 is 2.45 bits per heavy atom. The molecule has 1 aliphatic rings. The van der Waals surface area contributed by atoms with Crippen molar-refractivity contribution in [1.82, 2.24) is 5.32 Å². The number of nitrogen functional groups attached to an aromatic ring is 1. The van der Waals surface area contributed by atoms with Crippen molar-refractivity contribution < 1.29 is 22.0 Å². The third-order valence-electron chi connectivity index (χ3n) is 3.20. The van der Waals surface area contributed by atoms with Crippen molar-refractivity contribution in [3.8, 4) is 0 Å². The monoisotopic (exact) mass is 304 g/mol. The van der Waals surface area contributed by atoms with Gasteiger partial charge < -0.3 is 11.1 Å². The number of halogens is 2. The van der Waals surface area contributed by atoms with E-state index in [2.05, 4.69) is 5.32 Å². The lowest BCUT2D eigenvalue weighted by Gasteiger charge is -2.23. The zero-order chi connectivity index (χ0) is 14.9. The first-order chi connectivity index (χ1) is 9.28. The van der Waals surface area contributed by atoms with Crippen LogP contribution < -0.4 is 11.1 Å². The van der Waals surface area contributed by atoms with Crippen LogP contribution in [0, 0.1) is 11.6 Å². The Hall–Kier alpha value is -1.70. The highest BCUT2D eigenvalue weighted by Crippen LogP contribution is 2.19. The lowest BCUT2D eigenvalue weighted by atomic mass is 10.1. The zero-order valence-electron chi connectivity index (χ0n) is 10.5. The summed E-state index contributed by atoms with van der Waals surface area (Å²) in [6.07, 6.45) is 0.529. The Kier molecular flexibility index (Phi) is 3.94. The van der Waals surface area contributed by atoms with Gasteiger partial charge in [0, 0.05) is 6.04 Å². The smallest absolute Gasteiger partial charge is 0.254 e. The van der Waals surface area contributed by atoms with E-state index in [1.807, 2.05) is 0 Å². The van der Waals surface area contributed by atoms with E-state index in [1.165, 1.54) is 0 Å². The van der Waals surface area contributed by atoms with E-state index in [9.17, 15) is 22.0 Å². The number of hydrogen-bond acceptors (Lipinski definition) is 4. The second-order valence-electron chi connectivity index (χ2n) is 4.76. The van der Waals surface area contributed by atoms with Gasteiger partial charge in [-0.3, -0.25) is 4.79 Å². The molecule has 1 amide bonds. The third-order valence-corrected chi connectivity index (χ3v) is 4.92. The van der Waals surface area contributed by atoms with Crippen LogP contribution in [0.15, 0.2) is 12.1 Å². The van der Waals surface area contributed by atoms with Crippen molar-refractivity contribution in [2.24, 2.45) is 0 Å². The van der Waals surface area contributed by atoms with Gasteiger partial charge in [0.25, 0.3) is 5.91 Å². The van der Waals surface area contributed by atoms with E-state index in [1.54, 1.807) is 0 Å². The first-order valence-corrected chi connectivity index (χ1v) is 7.86. The number of anilines is 1. The van der Waals surface area contributed by atoms with E-state index in [4.69, 9.17) is 5.73 Å². The van der Waals surface area contributed by atoms with Crippen molar-refractivity contribution in [3.05, 3.63) is 29.3 Å². The van der Waals surface area contributed by atoms with Crippen LogP contribution in [0.2, 0.25) is 0 Å². The molecule has 0 radical (unpaired) electrons. The largest absolute Gasteiger partial charge is 0.396 e. The van der Waals surface area contributed by atoms with Gasteiger partial charge in [-0.05, 0) is 25.0 Å². The second kappa shape index (κ2) is 5.35. The molecule has 0 saturated carbocycles. The van der Waals surface area contributed by atoms with Crippen LogP contribution >= 0.6 is 0 Å². The van der Waals surface area contributed by atoms with Crippen molar-refractivity contribution >= 4 is 21.4 Å². The van der Waals surface area contributed by atoms with Crippen LogP contribution in [-0.4, -0.2) is 31.9 Å². The van der Waals surface area contributed by atoms with Crippen LogP contribution in [0.4, 0.5) is 14.5 Å². The molecule has 1 saturated heterocycles. The van der Waals surface area contributed by atoms with Gasteiger partial charge in [-0.1, -0.05) is 0 Å². The molecule has 0 unspecified atom stereocenters. The van der Waals surface area contributed by atoms with Crippen molar-refractivity contribution in [3.63, 3.8) is 0 Å². The van der Waals surface area contributed by atoms with Gasteiger partial charge >= 0.3 is 0 Å². The average molecular weight is 304 g/mol. The Bertz CT molecular complexity index is 632. The van der Waals surface area contributed by atoms with Crippen LogP contribution in [0.1, 0.15) is 23.2 Å². The molecule has 0 bridgehead atoms. The fourth-order valence-electron chi connectivity index (χ4n) is 2.07. The molecule has 8 heteroatoms. The number of nitrogens with two attached hydrogens (primary N) is 1. The molecule has 20 heavy (non-hydrogen) atoms. The molecule has 2 rings (SSSR count). The molecule has 5 nitrogen and oxygen atoms in total. The number of carbonyl (C=O) groups is 1. The number of sulfone groups is 1. The van der Waals surface area contributed by atoms with Crippen molar-refractivity contribution in [2.75, 3.05) is 17.2 Å². The Morgan fingerprint density at radius 1 is 1.25 bits per heavy atom. The summed E-state index contributed by atoms with van der Waals surface area (Å²) in [5, 5.41) is 2.50. The summed E-state index contributed by atoms with van der Waals surface area (Å²) in [5.74, 6) is -2.62. The Balaban J connectivity index is 2.10. The minimum Gasteiger partial charge on any atom is -0.396 e. The highest BCUT2D eigenvalue weighted by atomic mass is 32.2.